The first-order valence-corrected chi connectivity index (χ1v) is 8.51. The van der Waals surface area contributed by atoms with Gasteiger partial charge in [-0.2, -0.15) is 0 Å². The minimum Gasteiger partial charge on any atom is -0.403 e. The van der Waals surface area contributed by atoms with E-state index in [-0.39, 0.29) is 11.3 Å². The number of rotatable bonds is 3. The number of amides is 1. The Morgan fingerprint density at radius 3 is 2.53 bits per heavy atom. The van der Waals surface area contributed by atoms with E-state index in [1.807, 2.05) is 4.90 Å². The van der Waals surface area contributed by atoms with Crippen LogP contribution in [0, 0.1) is 5.41 Å². The van der Waals surface area contributed by atoms with Crippen molar-refractivity contribution in [2.75, 3.05) is 6.73 Å². The van der Waals surface area contributed by atoms with Crippen LogP contribution in [0.25, 0.3) is 0 Å². The maximum atomic E-state index is 11.7. The average molecular weight is 229 g/mol. The molecular weight excluding hydrogens is 206 g/mol. The fourth-order valence-corrected chi connectivity index (χ4v) is 2.48. The molecule has 0 bridgehead atoms. The Bertz CT molecular complexity index is 235. The van der Waals surface area contributed by atoms with Crippen molar-refractivity contribution in [2.45, 2.75) is 52.7 Å². The quantitative estimate of drug-likeness (QED) is 0.693. The summed E-state index contributed by atoms with van der Waals surface area (Å²) in [6.45, 7) is 11.3. The highest BCUT2D eigenvalue weighted by Crippen LogP contribution is 2.33. The highest BCUT2D eigenvalue weighted by molar-refractivity contribution is 6.48. The van der Waals surface area contributed by atoms with E-state index in [4.69, 9.17) is 4.43 Å². The van der Waals surface area contributed by atoms with E-state index in [2.05, 4.69) is 33.9 Å². The molecule has 0 spiro atoms. The van der Waals surface area contributed by atoms with Crippen molar-refractivity contribution < 1.29 is 9.22 Å². The lowest BCUT2D eigenvalue weighted by molar-refractivity contribution is -0.133. The SMILES string of the molecule is C[SiH](C)OCN1C(=O)CC[C@H]1C(C)(C)C. The van der Waals surface area contributed by atoms with E-state index in [1.165, 1.54) is 0 Å². The molecule has 1 heterocycles. The third-order valence-electron chi connectivity index (χ3n) is 2.87. The van der Waals surface area contributed by atoms with Gasteiger partial charge in [0.25, 0.3) is 0 Å². The second-order valence-corrected chi connectivity index (χ2v) is 8.06. The first-order chi connectivity index (χ1) is 6.82. The van der Waals surface area contributed by atoms with Crippen molar-refractivity contribution in [2.24, 2.45) is 5.41 Å². The summed E-state index contributed by atoms with van der Waals surface area (Å²) in [5, 5.41) is 0. The zero-order valence-corrected chi connectivity index (χ0v) is 11.7. The second-order valence-electron chi connectivity index (χ2n) is 5.63. The second kappa shape index (κ2) is 4.66. The van der Waals surface area contributed by atoms with E-state index in [1.54, 1.807) is 0 Å². The predicted molar refractivity (Wildman–Crippen MR) is 64.2 cm³/mol. The molecule has 1 rings (SSSR count). The Labute approximate surface area is 94.5 Å². The zero-order chi connectivity index (χ0) is 11.6. The minimum atomic E-state index is -1.03. The van der Waals surface area contributed by atoms with Gasteiger partial charge in [-0.3, -0.25) is 4.79 Å². The summed E-state index contributed by atoms with van der Waals surface area (Å²) in [5.41, 5.74) is 0.161. The van der Waals surface area contributed by atoms with Gasteiger partial charge in [-0.05, 0) is 24.9 Å². The third kappa shape index (κ3) is 3.31. The Balaban J connectivity index is 2.61. The van der Waals surface area contributed by atoms with Gasteiger partial charge in [-0.25, -0.2) is 0 Å². The molecule has 0 saturated carbocycles. The van der Waals surface area contributed by atoms with Crippen molar-refractivity contribution >= 4 is 14.9 Å². The Morgan fingerprint density at radius 2 is 2.07 bits per heavy atom. The number of carbonyl (C=O) groups is 1. The number of carbonyl (C=O) groups excluding carboxylic acids is 1. The maximum absolute atomic E-state index is 11.7. The Morgan fingerprint density at radius 1 is 1.47 bits per heavy atom. The molecule has 1 atom stereocenters. The largest absolute Gasteiger partial charge is 0.403 e. The van der Waals surface area contributed by atoms with Crippen LogP contribution in [0.1, 0.15) is 33.6 Å². The van der Waals surface area contributed by atoms with E-state index >= 15 is 0 Å². The minimum absolute atomic E-state index is 0.161. The molecule has 1 saturated heterocycles. The average Bonchev–Trinajstić information content (AvgIpc) is 2.42. The summed E-state index contributed by atoms with van der Waals surface area (Å²) in [4.78, 5) is 13.6. The molecule has 0 aromatic heterocycles. The fraction of sp³-hybridized carbons (Fsp3) is 0.909. The number of hydrogen-bond acceptors (Lipinski definition) is 2. The van der Waals surface area contributed by atoms with Gasteiger partial charge in [-0.15, -0.1) is 0 Å². The van der Waals surface area contributed by atoms with Crippen molar-refractivity contribution in [3.8, 4) is 0 Å². The van der Waals surface area contributed by atoms with Crippen molar-refractivity contribution in [1.29, 1.82) is 0 Å². The van der Waals surface area contributed by atoms with Gasteiger partial charge in [0.05, 0.1) is 0 Å². The van der Waals surface area contributed by atoms with Gasteiger partial charge in [0.1, 0.15) is 6.73 Å². The van der Waals surface area contributed by atoms with Crippen LogP contribution in [0.5, 0.6) is 0 Å². The molecule has 0 aliphatic carbocycles. The van der Waals surface area contributed by atoms with Gasteiger partial charge >= 0.3 is 0 Å². The van der Waals surface area contributed by atoms with Crippen LogP contribution < -0.4 is 0 Å². The number of hydrogen-bond donors (Lipinski definition) is 0. The summed E-state index contributed by atoms with van der Waals surface area (Å²) >= 11 is 0. The molecule has 3 nitrogen and oxygen atoms in total. The summed E-state index contributed by atoms with van der Waals surface area (Å²) in [7, 11) is -1.03. The van der Waals surface area contributed by atoms with Gasteiger partial charge < -0.3 is 9.33 Å². The van der Waals surface area contributed by atoms with Gasteiger partial charge in [-0.1, -0.05) is 20.8 Å². The lowest BCUT2D eigenvalue weighted by Crippen LogP contribution is -2.43. The monoisotopic (exact) mass is 229 g/mol. The van der Waals surface area contributed by atoms with Crippen LogP contribution in [-0.2, 0) is 9.22 Å². The number of likely N-dealkylation sites (tertiary alicyclic amines) is 1. The lowest BCUT2D eigenvalue weighted by atomic mass is 9.85. The zero-order valence-electron chi connectivity index (χ0n) is 10.5. The van der Waals surface area contributed by atoms with E-state index < -0.39 is 9.04 Å². The van der Waals surface area contributed by atoms with Crippen LogP contribution in [0.2, 0.25) is 13.1 Å². The van der Waals surface area contributed by atoms with Gasteiger partial charge in [0.2, 0.25) is 5.91 Å². The van der Waals surface area contributed by atoms with Gasteiger partial charge in [0, 0.05) is 12.5 Å². The molecule has 88 valence electrons. The van der Waals surface area contributed by atoms with Crippen LogP contribution in [0.3, 0.4) is 0 Å². The summed E-state index contributed by atoms with van der Waals surface area (Å²) in [6.07, 6.45) is 1.66. The predicted octanol–water partition coefficient (Wildman–Crippen LogP) is 1.98. The molecule has 0 N–H and O–H groups in total. The normalized spacial score (nSPS) is 22.9. The molecule has 0 aromatic carbocycles. The molecule has 4 heteroatoms. The smallest absolute Gasteiger partial charge is 0.224 e. The maximum Gasteiger partial charge on any atom is 0.224 e. The first kappa shape index (κ1) is 12.7. The molecular formula is C11H23NO2Si. The van der Waals surface area contributed by atoms with E-state index in [0.29, 0.717) is 19.2 Å². The van der Waals surface area contributed by atoms with Crippen molar-refractivity contribution in [3.05, 3.63) is 0 Å². The molecule has 1 fully saturated rings. The molecule has 0 unspecified atom stereocenters. The standard InChI is InChI=1S/C11H23NO2Si/c1-11(2,3)9-6-7-10(13)12(9)8-14-15(4)5/h9,15H,6-8H2,1-5H3/t9-/m0/s1. The summed E-state index contributed by atoms with van der Waals surface area (Å²) in [6, 6.07) is 0.345. The molecule has 0 radical (unpaired) electrons. The van der Waals surface area contributed by atoms with E-state index in [9.17, 15) is 4.79 Å². The van der Waals surface area contributed by atoms with Crippen LogP contribution in [0.15, 0.2) is 0 Å². The summed E-state index contributed by atoms with van der Waals surface area (Å²) in [5.74, 6) is 0.254. The Kier molecular flexibility index (Phi) is 3.95. The highest BCUT2D eigenvalue weighted by Gasteiger charge is 2.38. The third-order valence-corrected chi connectivity index (χ3v) is 3.69. The Hall–Kier alpha value is -0.353. The van der Waals surface area contributed by atoms with Crippen molar-refractivity contribution in [1.82, 2.24) is 4.90 Å². The van der Waals surface area contributed by atoms with E-state index in [0.717, 1.165) is 6.42 Å². The highest BCUT2D eigenvalue weighted by atomic mass is 28.3. The molecule has 1 aliphatic heterocycles. The van der Waals surface area contributed by atoms with Crippen LogP contribution >= 0.6 is 0 Å². The lowest BCUT2D eigenvalue weighted by Gasteiger charge is -2.35. The van der Waals surface area contributed by atoms with Gasteiger partial charge in [0.15, 0.2) is 9.04 Å². The molecule has 1 amide bonds. The molecule has 15 heavy (non-hydrogen) atoms. The summed E-state index contributed by atoms with van der Waals surface area (Å²) < 4.78 is 5.67. The molecule has 0 aromatic rings. The molecule has 1 aliphatic rings. The fourth-order valence-electron chi connectivity index (χ4n) is 2.03. The first-order valence-electron chi connectivity index (χ1n) is 5.73. The van der Waals surface area contributed by atoms with Crippen molar-refractivity contribution in [3.63, 3.8) is 0 Å². The van der Waals surface area contributed by atoms with Crippen LogP contribution in [-0.4, -0.2) is 32.6 Å². The van der Waals surface area contributed by atoms with Crippen LogP contribution in [0.4, 0.5) is 0 Å². The number of nitrogens with zero attached hydrogens (tertiary/aromatic N) is 1. The topological polar surface area (TPSA) is 29.5 Å².